The minimum atomic E-state index is -1.06. The van der Waals surface area contributed by atoms with Gasteiger partial charge in [-0.1, -0.05) is 31.7 Å². The first kappa shape index (κ1) is 27.4. The summed E-state index contributed by atoms with van der Waals surface area (Å²) in [6.45, 7) is -0.0332. The van der Waals surface area contributed by atoms with Crippen LogP contribution in [0.15, 0.2) is 24.3 Å². The molecule has 218 valence electrons. The molecule has 0 unspecified atom stereocenters. The summed E-state index contributed by atoms with van der Waals surface area (Å²) >= 11 is 0. The number of carboxylic acids is 2. The molecule has 2 amide bonds. The predicted molar refractivity (Wildman–Crippen MR) is 150 cm³/mol. The van der Waals surface area contributed by atoms with Gasteiger partial charge >= 0.3 is 18.0 Å². The fourth-order valence-electron chi connectivity index (χ4n) is 8.87. The van der Waals surface area contributed by atoms with E-state index in [1.54, 1.807) is 18.2 Å². The van der Waals surface area contributed by atoms with Crippen molar-refractivity contribution in [2.24, 2.45) is 11.8 Å². The number of aliphatic carboxylic acids is 2. The molecule has 9 heteroatoms. The van der Waals surface area contributed by atoms with Crippen molar-refractivity contribution in [3.8, 4) is 5.75 Å². The molecular formula is C31H43N3O6. The third-order valence-electron chi connectivity index (χ3n) is 10.3. The Morgan fingerprint density at radius 2 is 1.55 bits per heavy atom. The number of benzene rings is 1. The van der Waals surface area contributed by atoms with Gasteiger partial charge in [-0.15, -0.1) is 0 Å². The smallest absolute Gasteiger partial charge is 0.341 e. The number of rotatable bonds is 7. The van der Waals surface area contributed by atoms with E-state index in [9.17, 15) is 19.5 Å². The molecule has 3 saturated heterocycles. The number of carbonyl (C=O) groups is 3. The van der Waals surface area contributed by atoms with Gasteiger partial charge in [-0.25, -0.2) is 14.4 Å². The summed E-state index contributed by atoms with van der Waals surface area (Å²) in [5.41, 5.74) is 0.646. The molecule has 5 aliphatic rings. The number of fused-ring (bicyclic) bond motifs is 4. The van der Waals surface area contributed by atoms with E-state index in [2.05, 4.69) is 4.90 Å². The Hall–Kier alpha value is -2.81. The summed E-state index contributed by atoms with van der Waals surface area (Å²) in [4.78, 5) is 43.5. The van der Waals surface area contributed by atoms with E-state index < -0.39 is 24.6 Å². The lowest BCUT2D eigenvalue weighted by Crippen LogP contribution is -2.63. The van der Waals surface area contributed by atoms with Crippen molar-refractivity contribution in [1.29, 1.82) is 0 Å². The van der Waals surface area contributed by atoms with Crippen molar-refractivity contribution in [2.45, 2.75) is 114 Å². The van der Waals surface area contributed by atoms with E-state index in [4.69, 9.17) is 9.84 Å². The van der Waals surface area contributed by atoms with Gasteiger partial charge in [0.2, 0.25) is 0 Å². The Balaban J connectivity index is 1.28. The van der Waals surface area contributed by atoms with Gasteiger partial charge in [0.05, 0.1) is 0 Å². The number of urea groups is 1. The lowest BCUT2D eigenvalue weighted by molar-refractivity contribution is -0.141. The summed E-state index contributed by atoms with van der Waals surface area (Å²) in [6.07, 6.45) is 14.6. The topological polar surface area (TPSA) is 111 Å². The van der Waals surface area contributed by atoms with Crippen molar-refractivity contribution in [3.63, 3.8) is 0 Å². The monoisotopic (exact) mass is 553 g/mol. The van der Waals surface area contributed by atoms with Crippen LogP contribution in [-0.2, 0) is 9.59 Å². The number of nitrogens with zero attached hydrogens (tertiary/aromatic N) is 3. The van der Waals surface area contributed by atoms with E-state index in [-0.39, 0.29) is 12.1 Å². The fraction of sp³-hybridized carbons (Fsp3) is 0.710. The fourth-order valence-corrected chi connectivity index (χ4v) is 8.87. The first-order chi connectivity index (χ1) is 19.4. The molecule has 2 aliphatic carbocycles. The summed E-state index contributed by atoms with van der Waals surface area (Å²) in [7, 11) is 0. The second-order valence-electron chi connectivity index (χ2n) is 12.9. The predicted octanol–water partition coefficient (Wildman–Crippen LogP) is 4.98. The molecule has 2 saturated carbocycles. The first-order valence-electron chi connectivity index (χ1n) is 15.4. The number of hydrogen-bond donors (Lipinski definition) is 2. The van der Waals surface area contributed by atoms with Crippen LogP contribution in [0, 0.1) is 11.8 Å². The highest BCUT2D eigenvalue weighted by atomic mass is 16.5. The maximum Gasteiger partial charge on any atom is 0.341 e. The third kappa shape index (κ3) is 5.54. The van der Waals surface area contributed by atoms with Crippen LogP contribution in [0.1, 0.15) is 83.5 Å². The molecule has 7 atom stereocenters. The number of anilines is 1. The molecule has 40 heavy (non-hydrogen) atoms. The molecule has 1 aromatic rings. The standard InChI is InChI=1S/C31H43N3O6/c35-29(36)19-40-27-10-3-9-24(18-27)34(31(39)32-12-4-11-28(32)30(37)38)26-16-22-7-2-8-23(17-26)33(22)25-14-20-5-1-6-21(13-20)15-25/h3,9-10,18,20-23,25-26,28H,1-2,4-8,11-17,19H2,(H,35,36)(H,37,38)/t20-,21+,22-,23+,25+,26+,28-/m1/s1. The van der Waals surface area contributed by atoms with Crippen molar-refractivity contribution < 1.29 is 29.3 Å². The molecule has 9 nitrogen and oxygen atoms in total. The molecule has 5 fully saturated rings. The minimum absolute atomic E-state index is 0.0492. The van der Waals surface area contributed by atoms with E-state index in [1.165, 1.54) is 49.8 Å². The van der Waals surface area contributed by atoms with Crippen LogP contribution in [0.25, 0.3) is 0 Å². The average molecular weight is 554 g/mol. The number of piperidine rings is 2. The number of hydrogen-bond acceptors (Lipinski definition) is 5. The largest absolute Gasteiger partial charge is 0.482 e. The van der Waals surface area contributed by atoms with Crippen LogP contribution in [0.4, 0.5) is 10.5 Å². The molecule has 2 N–H and O–H groups in total. The SMILES string of the molecule is O=C(O)COc1cccc(N(C(=O)N2CCC[C@@H]2C(=O)O)[C@H]2C[C@H]3CCC[C@@H](C2)N3[C@H]2C[C@@H]3CCC[C@@H](C3)C2)c1. The highest BCUT2D eigenvalue weighted by molar-refractivity contribution is 5.95. The summed E-state index contributed by atoms with van der Waals surface area (Å²) < 4.78 is 5.46. The molecule has 3 aliphatic heterocycles. The second kappa shape index (κ2) is 11.6. The molecule has 3 heterocycles. The lowest BCUT2D eigenvalue weighted by Gasteiger charge is -2.56. The number of ether oxygens (including phenoxy) is 1. The van der Waals surface area contributed by atoms with Crippen LogP contribution in [-0.4, -0.2) is 81.3 Å². The minimum Gasteiger partial charge on any atom is -0.482 e. The normalized spacial score (nSPS) is 33.8. The van der Waals surface area contributed by atoms with Crippen molar-refractivity contribution in [2.75, 3.05) is 18.1 Å². The summed E-state index contributed by atoms with van der Waals surface area (Å²) in [6, 6.07) is 7.45. The maximum atomic E-state index is 14.2. The molecule has 1 aromatic carbocycles. The quantitative estimate of drug-likeness (QED) is 0.490. The zero-order valence-corrected chi connectivity index (χ0v) is 23.3. The van der Waals surface area contributed by atoms with Gasteiger partial charge in [-0.3, -0.25) is 9.80 Å². The van der Waals surface area contributed by atoms with Crippen LogP contribution >= 0.6 is 0 Å². The van der Waals surface area contributed by atoms with Gasteiger partial charge in [0, 0.05) is 42.5 Å². The van der Waals surface area contributed by atoms with Crippen LogP contribution in [0.3, 0.4) is 0 Å². The van der Waals surface area contributed by atoms with Crippen LogP contribution < -0.4 is 9.64 Å². The average Bonchev–Trinajstić information content (AvgIpc) is 3.42. The number of amides is 2. The van der Waals surface area contributed by atoms with Gasteiger partial charge in [-0.2, -0.15) is 0 Å². The van der Waals surface area contributed by atoms with Crippen LogP contribution in [0.5, 0.6) is 5.75 Å². The first-order valence-corrected chi connectivity index (χ1v) is 15.4. The zero-order valence-electron chi connectivity index (χ0n) is 23.3. The van der Waals surface area contributed by atoms with Crippen LogP contribution in [0.2, 0.25) is 0 Å². The number of carbonyl (C=O) groups excluding carboxylic acids is 1. The van der Waals surface area contributed by atoms with E-state index in [0.717, 1.165) is 37.5 Å². The summed E-state index contributed by atoms with van der Waals surface area (Å²) in [5, 5.41) is 18.9. The number of carboxylic acid groups (broad SMARTS) is 2. The highest BCUT2D eigenvalue weighted by Crippen LogP contribution is 2.47. The summed E-state index contributed by atoms with van der Waals surface area (Å²) in [5.74, 6) is 0.0993. The highest BCUT2D eigenvalue weighted by Gasteiger charge is 2.48. The molecule has 0 radical (unpaired) electrons. The number of likely N-dealkylation sites (tertiary alicyclic amines) is 1. The van der Waals surface area contributed by atoms with Crippen molar-refractivity contribution >= 4 is 23.7 Å². The zero-order chi connectivity index (χ0) is 27.8. The van der Waals surface area contributed by atoms with E-state index >= 15 is 0 Å². The molecule has 0 aromatic heterocycles. The van der Waals surface area contributed by atoms with E-state index in [1.807, 2.05) is 11.0 Å². The maximum absolute atomic E-state index is 14.2. The Bertz CT molecular complexity index is 1090. The van der Waals surface area contributed by atoms with Gasteiger partial charge < -0.3 is 19.8 Å². The second-order valence-corrected chi connectivity index (χ2v) is 12.9. The van der Waals surface area contributed by atoms with Gasteiger partial charge in [0.15, 0.2) is 6.61 Å². The van der Waals surface area contributed by atoms with Gasteiger partial charge in [0.25, 0.3) is 0 Å². The van der Waals surface area contributed by atoms with Crippen molar-refractivity contribution in [3.05, 3.63) is 24.3 Å². The van der Waals surface area contributed by atoms with Gasteiger partial charge in [-0.05, 0) is 81.8 Å². The molecule has 6 rings (SSSR count). The molecule has 0 spiro atoms. The Morgan fingerprint density at radius 3 is 2.23 bits per heavy atom. The Labute approximate surface area is 236 Å². The molecular weight excluding hydrogens is 510 g/mol. The lowest BCUT2D eigenvalue weighted by atomic mass is 9.68. The third-order valence-corrected chi connectivity index (χ3v) is 10.3. The van der Waals surface area contributed by atoms with Crippen molar-refractivity contribution in [1.82, 2.24) is 9.80 Å². The Kier molecular flexibility index (Phi) is 7.93. The molecule has 4 bridgehead atoms. The van der Waals surface area contributed by atoms with Gasteiger partial charge in [0.1, 0.15) is 11.8 Å². The van der Waals surface area contributed by atoms with E-state index in [0.29, 0.717) is 48.9 Å². The Morgan fingerprint density at radius 1 is 0.850 bits per heavy atom.